The van der Waals surface area contributed by atoms with Crippen LogP contribution in [0.4, 0.5) is 0 Å². The van der Waals surface area contributed by atoms with Crippen molar-refractivity contribution in [2.24, 2.45) is 0 Å². The Morgan fingerprint density at radius 2 is 1.81 bits per heavy atom. The first-order valence-corrected chi connectivity index (χ1v) is 5.71. The number of nitrogens with two attached hydrogens (primary N) is 1. The summed E-state index contributed by atoms with van der Waals surface area (Å²) in [6, 6.07) is 6.76. The quantitative estimate of drug-likeness (QED) is 0.788. The van der Waals surface area contributed by atoms with Gasteiger partial charge >= 0.3 is 0 Å². The second kappa shape index (κ2) is 6.38. The zero-order valence-electron chi connectivity index (χ0n) is 10.6. The molecule has 1 rings (SSSR count). The van der Waals surface area contributed by atoms with Gasteiger partial charge in [0.05, 0.1) is 26.8 Å². The van der Waals surface area contributed by atoms with Crippen molar-refractivity contribution in [1.29, 1.82) is 0 Å². The Balaban J connectivity index is 2.60. The van der Waals surface area contributed by atoms with Crippen LogP contribution in [0, 0.1) is 0 Å². The molecule has 0 aliphatic heterocycles. The molecule has 2 N–H and O–H groups in total. The molecule has 0 saturated heterocycles. The van der Waals surface area contributed by atoms with Crippen LogP contribution in [0.2, 0.25) is 0 Å². The Morgan fingerprint density at radius 1 is 1.12 bits per heavy atom. The number of hydrogen-bond acceptors (Lipinski definition) is 2. The molecule has 3 nitrogen and oxygen atoms in total. The first-order valence-electron chi connectivity index (χ1n) is 5.71. The van der Waals surface area contributed by atoms with Crippen LogP contribution in [0.25, 0.3) is 0 Å². The Labute approximate surface area is 97.8 Å². The molecule has 0 unspecified atom stereocenters. The van der Waals surface area contributed by atoms with Crippen molar-refractivity contribution in [3.8, 4) is 11.5 Å². The molecule has 0 aromatic heterocycles. The molecule has 0 aliphatic carbocycles. The second-order valence-corrected chi connectivity index (χ2v) is 4.21. The van der Waals surface area contributed by atoms with Crippen molar-refractivity contribution in [3.63, 3.8) is 0 Å². The summed E-state index contributed by atoms with van der Waals surface area (Å²) in [5.74, 6) is 1.60. The van der Waals surface area contributed by atoms with E-state index in [0.717, 1.165) is 24.5 Å². The van der Waals surface area contributed by atoms with Gasteiger partial charge in [0.1, 0.15) is 0 Å². The van der Waals surface area contributed by atoms with Gasteiger partial charge in [-0.3, -0.25) is 0 Å². The minimum absolute atomic E-state index is 0.653. The van der Waals surface area contributed by atoms with Gasteiger partial charge in [0.25, 0.3) is 0 Å². The van der Waals surface area contributed by atoms with Crippen LogP contribution in [0.3, 0.4) is 0 Å². The number of quaternary nitrogens is 1. The Hall–Kier alpha value is -1.22. The van der Waals surface area contributed by atoms with Crippen molar-refractivity contribution in [1.82, 2.24) is 0 Å². The van der Waals surface area contributed by atoms with Crippen LogP contribution in [-0.2, 0) is 6.42 Å². The van der Waals surface area contributed by atoms with Gasteiger partial charge in [-0.25, -0.2) is 0 Å². The molecule has 1 aromatic carbocycles. The number of rotatable bonds is 6. The van der Waals surface area contributed by atoms with E-state index in [1.807, 2.05) is 12.1 Å². The van der Waals surface area contributed by atoms with Crippen molar-refractivity contribution in [2.75, 3.05) is 20.8 Å². The smallest absolute Gasteiger partial charge is 0.160 e. The summed E-state index contributed by atoms with van der Waals surface area (Å²) in [7, 11) is 3.33. The average Bonchev–Trinajstić information content (AvgIpc) is 2.28. The summed E-state index contributed by atoms with van der Waals surface area (Å²) in [5, 5.41) is 2.33. The van der Waals surface area contributed by atoms with E-state index in [1.54, 1.807) is 14.2 Å². The molecule has 0 atom stereocenters. The minimum Gasteiger partial charge on any atom is -0.493 e. The fourth-order valence-corrected chi connectivity index (χ4v) is 1.62. The fraction of sp³-hybridized carbons (Fsp3) is 0.538. The van der Waals surface area contributed by atoms with Gasteiger partial charge in [-0.05, 0) is 31.5 Å². The van der Waals surface area contributed by atoms with E-state index in [0.29, 0.717) is 6.04 Å². The van der Waals surface area contributed by atoms with Gasteiger partial charge in [0.2, 0.25) is 0 Å². The predicted molar refractivity (Wildman–Crippen MR) is 65.2 cm³/mol. The lowest BCUT2D eigenvalue weighted by Crippen LogP contribution is -2.88. The largest absolute Gasteiger partial charge is 0.493 e. The second-order valence-electron chi connectivity index (χ2n) is 4.21. The lowest BCUT2D eigenvalue weighted by molar-refractivity contribution is -0.682. The molecule has 0 bridgehead atoms. The first kappa shape index (κ1) is 12.8. The third kappa shape index (κ3) is 3.74. The summed E-state index contributed by atoms with van der Waals surface area (Å²) in [5.41, 5.74) is 1.29. The molecular formula is C13H22NO2+. The van der Waals surface area contributed by atoms with Crippen LogP contribution >= 0.6 is 0 Å². The molecule has 16 heavy (non-hydrogen) atoms. The molecule has 0 saturated carbocycles. The van der Waals surface area contributed by atoms with Gasteiger partial charge in [-0.1, -0.05) is 6.07 Å². The van der Waals surface area contributed by atoms with Crippen LogP contribution in [0.5, 0.6) is 11.5 Å². The molecule has 90 valence electrons. The lowest BCUT2D eigenvalue weighted by atomic mass is 10.1. The predicted octanol–water partition coefficient (Wildman–Crippen LogP) is 1.22. The third-order valence-electron chi connectivity index (χ3n) is 2.52. The molecule has 0 fully saturated rings. The first-order chi connectivity index (χ1) is 7.67. The van der Waals surface area contributed by atoms with Gasteiger partial charge < -0.3 is 14.8 Å². The summed E-state index contributed by atoms with van der Waals surface area (Å²) in [4.78, 5) is 0. The van der Waals surface area contributed by atoms with Crippen LogP contribution < -0.4 is 14.8 Å². The summed E-state index contributed by atoms with van der Waals surface area (Å²) in [6.45, 7) is 5.51. The molecule has 0 radical (unpaired) electrons. The van der Waals surface area contributed by atoms with E-state index in [-0.39, 0.29) is 0 Å². The third-order valence-corrected chi connectivity index (χ3v) is 2.52. The summed E-state index contributed by atoms with van der Waals surface area (Å²) >= 11 is 0. The standard InChI is InChI=1S/C13H21NO2/c1-10(2)14-8-7-11-5-6-12(15-3)13(9-11)16-4/h5-6,9-10,14H,7-8H2,1-4H3/p+1. The van der Waals surface area contributed by atoms with Crippen molar-refractivity contribution >= 4 is 0 Å². The van der Waals surface area contributed by atoms with E-state index >= 15 is 0 Å². The zero-order chi connectivity index (χ0) is 12.0. The molecule has 0 spiro atoms. The zero-order valence-corrected chi connectivity index (χ0v) is 10.6. The summed E-state index contributed by atoms with van der Waals surface area (Å²) < 4.78 is 10.5. The van der Waals surface area contributed by atoms with Crippen molar-refractivity contribution < 1.29 is 14.8 Å². The van der Waals surface area contributed by atoms with E-state index in [4.69, 9.17) is 9.47 Å². The van der Waals surface area contributed by atoms with Crippen molar-refractivity contribution in [2.45, 2.75) is 26.3 Å². The van der Waals surface area contributed by atoms with Crippen LogP contribution in [-0.4, -0.2) is 26.8 Å². The highest BCUT2D eigenvalue weighted by Crippen LogP contribution is 2.27. The number of hydrogen-bond donors (Lipinski definition) is 1. The summed E-state index contributed by atoms with van der Waals surface area (Å²) in [6.07, 6.45) is 1.05. The molecule has 0 aliphatic rings. The molecule has 3 heteroatoms. The maximum absolute atomic E-state index is 5.27. The highest BCUT2D eigenvalue weighted by atomic mass is 16.5. The fourth-order valence-electron chi connectivity index (χ4n) is 1.62. The number of methoxy groups -OCH3 is 2. The molecular weight excluding hydrogens is 202 g/mol. The maximum Gasteiger partial charge on any atom is 0.160 e. The number of ether oxygens (including phenoxy) is 2. The van der Waals surface area contributed by atoms with E-state index in [1.165, 1.54) is 5.56 Å². The molecule has 0 heterocycles. The van der Waals surface area contributed by atoms with E-state index in [9.17, 15) is 0 Å². The molecule has 1 aromatic rings. The van der Waals surface area contributed by atoms with Gasteiger partial charge in [-0.2, -0.15) is 0 Å². The minimum atomic E-state index is 0.653. The van der Waals surface area contributed by atoms with Crippen molar-refractivity contribution in [3.05, 3.63) is 23.8 Å². The van der Waals surface area contributed by atoms with Gasteiger partial charge in [0.15, 0.2) is 11.5 Å². The molecule has 0 amide bonds. The van der Waals surface area contributed by atoms with Crippen LogP contribution in [0.1, 0.15) is 19.4 Å². The highest BCUT2D eigenvalue weighted by molar-refractivity contribution is 5.42. The van der Waals surface area contributed by atoms with E-state index in [2.05, 4.69) is 25.2 Å². The highest BCUT2D eigenvalue weighted by Gasteiger charge is 2.05. The van der Waals surface area contributed by atoms with Crippen LogP contribution in [0.15, 0.2) is 18.2 Å². The SMILES string of the molecule is COc1ccc(CC[NH2+]C(C)C)cc1OC. The maximum atomic E-state index is 5.27. The Kier molecular flexibility index (Phi) is 5.12. The average molecular weight is 224 g/mol. The Morgan fingerprint density at radius 3 is 2.38 bits per heavy atom. The van der Waals surface area contributed by atoms with Gasteiger partial charge in [0, 0.05) is 6.42 Å². The lowest BCUT2D eigenvalue weighted by Gasteiger charge is -2.09. The monoisotopic (exact) mass is 224 g/mol. The Bertz CT molecular complexity index is 324. The normalized spacial score (nSPS) is 10.6. The van der Waals surface area contributed by atoms with Gasteiger partial charge in [-0.15, -0.1) is 0 Å². The number of benzene rings is 1. The van der Waals surface area contributed by atoms with E-state index < -0.39 is 0 Å². The topological polar surface area (TPSA) is 35.1 Å².